The molecule has 5 rings (SSSR count). The van der Waals surface area contributed by atoms with Crippen molar-refractivity contribution in [1.82, 2.24) is 5.16 Å². The molecule has 140 valence electrons. The standard InChI is InChI=1S/C23H20N2O3/c1-13-20-21(14-7-3-2-4-8-14)22-17(24-23(20)28-25-13)11-15(12-19(22)27)16-9-5-6-10-18(16)26/h2-10,15,21,24,26H,11-12H2,1H3/t15-,21+/m1/s1. The van der Waals surface area contributed by atoms with Gasteiger partial charge in [0, 0.05) is 29.5 Å². The van der Waals surface area contributed by atoms with Crippen LogP contribution in [0.4, 0.5) is 5.88 Å². The molecule has 2 heterocycles. The number of aryl methyl sites for hydroxylation is 1. The molecule has 2 aliphatic rings. The molecule has 0 unspecified atom stereocenters. The topological polar surface area (TPSA) is 75.4 Å². The smallest absolute Gasteiger partial charge is 0.233 e. The van der Waals surface area contributed by atoms with E-state index in [-0.39, 0.29) is 23.4 Å². The average Bonchev–Trinajstić information content (AvgIpc) is 3.08. The fourth-order valence-electron chi connectivity index (χ4n) is 4.50. The number of hydrogen-bond donors (Lipinski definition) is 2. The van der Waals surface area contributed by atoms with Crippen LogP contribution in [0.25, 0.3) is 0 Å². The Labute approximate surface area is 162 Å². The number of phenolic OH excluding ortho intramolecular Hbond substituents is 1. The third-order valence-electron chi connectivity index (χ3n) is 5.77. The van der Waals surface area contributed by atoms with Crippen molar-refractivity contribution < 1.29 is 14.4 Å². The summed E-state index contributed by atoms with van der Waals surface area (Å²) in [7, 11) is 0. The van der Waals surface area contributed by atoms with Crippen molar-refractivity contribution in [3.63, 3.8) is 0 Å². The number of phenols is 1. The van der Waals surface area contributed by atoms with Crippen LogP contribution in [-0.4, -0.2) is 16.0 Å². The highest BCUT2D eigenvalue weighted by Gasteiger charge is 2.41. The zero-order chi connectivity index (χ0) is 19.3. The largest absolute Gasteiger partial charge is 0.508 e. The summed E-state index contributed by atoms with van der Waals surface area (Å²) < 4.78 is 5.53. The van der Waals surface area contributed by atoms with Gasteiger partial charge >= 0.3 is 0 Å². The Morgan fingerprint density at radius 3 is 2.61 bits per heavy atom. The molecule has 5 nitrogen and oxygen atoms in total. The number of aromatic nitrogens is 1. The van der Waals surface area contributed by atoms with Crippen molar-refractivity contribution in [3.05, 3.63) is 88.3 Å². The molecule has 28 heavy (non-hydrogen) atoms. The molecule has 0 bridgehead atoms. The van der Waals surface area contributed by atoms with Gasteiger partial charge in [0.15, 0.2) is 5.78 Å². The van der Waals surface area contributed by atoms with Gasteiger partial charge < -0.3 is 14.9 Å². The van der Waals surface area contributed by atoms with Crippen molar-refractivity contribution >= 4 is 11.7 Å². The normalized spacial score (nSPS) is 21.1. The van der Waals surface area contributed by atoms with Crippen LogP contribution in [-0.2, 0) is 4.79 Å². The quantitative estimate of drug-likeness (QED) is 0.685. The van der Waals surface area contributed by atoms with Crippen molar-refractivity contribution in [2.24, 2.45) is 0 Å². The maximum atomic E-state index is 13.3. The zero-order valence-corrected chi connectivity index (χ0v) is 15.5. The second kappa shape index (κ2) is 6.37. The molecule has 3 aromatic rings. The van der Waals surface area contributed by atoms with Crippen LogP contribution in [0.2, 0.25) is 0 Å². The first kappa shape index (κ1) is 16.8. The van der Waals surface area contributed by atoms with E-state index in [0.29, 0.717) is 18.7 Å². The summed E-state index contributed by atoms with van der Waals surface area (Å²) in [5.74, 6) is 0.687. The van der Waals surface area contributed by atoms with Crippen LogP contribution < -0.4 is 5.32 Å². The second-order valence-electron chi connectivity index (χ2n) is 7.46. The maximum Gasteiger partial charge on any atom is 0.233 e. The number of allylic oxidation sites excluding steroid dienone is 2. The van der Waals surface area contributed by atoms with Crippen LogP contribution in [0.15, 0.2) is 70.4 Å². The van der Waals surface area contributed by atoms with Gasteiger partial charge in [0.25, 0.3) is 0 Å². The summed E-state index contributed by atoms with van der Waals surface area (Å²) in [4.78, 5) is 13.3. The highest BCUT2D eigenvalue weighted by atomic mass is 16.5. The molecule has 2 atom stereocenters. The van der Waals surface area contributed by atoms with Gasteiger partial charge in [0.2, 0.25) is 5.88 Å². The summed E-state index contributed by atoms with van der Waals surface area (Å²) in [6, 6.07) is 17.3. The number of nitrogens with one attached hydrogen (secondary N) is 1. The molecule has 2 aromatic carbocycles. The summed E-state index contributed by atoms with van der Waals surface area (Å²) >= 11 is 0. The molecule has 0 fully saturated rings. The van der Waals surface area contributed by atoms with E-state index in [2.05, 4.69) is 10.5 Å². The third-order valence-corrected chi connectivity index (χ3v) is 5.77. The van der Waals surface area contributed by atoms with Crippen molar-refractivity contribution in [3.8, 4) is 5.75 Å². The van der Waals surface area contributed by atoms with E-state index in [1.54, 1.807) is 12.1 Å². The Balaban J connectivity index is 1.63. The lowest BCUT2D eigenvalue weighted by molar-refractivity contribution is -0.116. The first-order valence-electron chi connectivity index (χ1n) is 9.45. The molecular formula is C23H20N2O3. The van der Waals surface area contributed by atoms with Crippen molar-refractivity contribution in [1.29, 1.82) is 0 Å². The number of aromatic hydroxyl groups is 1. The number of benzene rings is 2. The fraction of sp³-hybridized carbons (Fsp3) is 0.217. The molecule has 2 N–H and O–H groups in total. The molecule has 5 heteroatoms. The Morgan fingerprint density at radius 2 is 1.82 bits per heavy atom. The Morgan fingerprint density at radius 1 is 1.07 bits per heavy atom. The van der Waals surface area contributed by atoms with Gasteiger partial charge in [-0.3, -0.25) is 4.79 Å². The van der Waals surface area contributed by atoms with Crippen molar-refractivity contribution in [2.75, 3.05) is 5.32 Å². The van der Waals surface area contributed by atoms with Gasteiger partial charge in [0.05, 0.1) is 11.3 Å². The van der Waals surface area contributed by atoms with Crippen LogP contribution >= 0.6 is 0 Å². The predicted molar refractivity (Wildman–Crippen MR) is 105 cm³/mol. The molecule has 0 radical (unpaired) electrons. The van der Waals surface area contributed by atoms with Gasteiger partial charge in [-0.1, -0.05) is 53.7 Å². The number of fused-ring (bicyclic) bond motifs is 1. The number of carbonyl (C=O) groups excluding carboxylic acids is 1. The van der Waals surface area contributed by atoms with Gasteiger partial charge in [0.1, 0.15) is 5.75 Å². The highest BCUT2D eigenvalue weighted by Crippen LogP contribution is 2.49. The number of Topliss-reactive ketones (excluding diaryl/α,β-unsaturated/α-hetero) is 1. The molecule has 0 saturated heterocycles. The summed E-state index contributed by atoms with van der Waals surface area (Å²) in [5.41, 5.74) is 5.23. The number of hydrogen-bond acceptors (Lipinski definition) is 5. The van der Waals surface area contributed by atoms with E-state index in [4.69, 9.17) is 4.52 Å². The fourth-order valence-corrected chi connectivity index (χ4v) is 4.50. The number of nitrogens with zero attached hydrogens (tertiary/aromatic N) is 1. The van der Waals surface area contributed by atoms with E-state index in [1.165, 1.54) is 0 Å². The summed E-state index contributed by atoms with van der Waals surface area (Å²) in [6.07, 6.45) is 1.02. The van der Waals surface area contributed by atoms with Gasteiger partial charge in [-0.2, -0.15) is 0 Å². The van der Waals surface area contributed by atoms with Gasteiger partial charge in [-0.25, -0.2) is 0 Å². The first-order valence-corrected chi connectivity index (χ1v) is 9.45. The molecular weight excluding hydrogens is 352 g/mol. The van der Waals surface area contributed by atoms with E-state index in [0.717, 1.165) is 33.7 Å². The van der Waals surface area contributed by atoms with Crippen LogP contribution in [0.5, 0.6) is 5.75 Å². The molecule has 1 aromatic heterocycles. The van der Waals surface area contributed by atoms with E-state index >= 15 is 0 Å². The number of ketones is 1. The summed E-state index contributed by atoms with van der Waals surface area (Å²) in [5, 5.41) is 17.7. The minimum absolute atomic E-state index is 0.0676. The lowest BCUT2D eigenvalue weighted by Crippen LogP contribution is -2.29. The lowest BCUT2D eigenvalue weighted by atomic mass is 9.72. The Hall–Kier alpha value is -3.34. The monoisotopic (exact) mass is 372 g/mol. The molecule has 0 saturated carbocycles. The van der Waals surface area contributed by atoms with E-state index in [9.17, 15) is 9.90 Å². The number of rotatable bonds is 2. The van der Waals surface area contributed by atoms with Crippen LogP contribution in [0, 0.1) is 6.92 Å². The van der Waals surface area contributed by atoms with Crippen molar-refractivity contribution in [2.45, 2.75) is 31.6 Å². The Kier molecular flexibility index (Phi) is 3.83. The molecule has 1 aliphatic heterocycles. The Bertz CT molecular complexity index is 1100. The first-order chi connectivity index (χ1) is 13.6. The maximum absolute atomic E-state index is 13.3. The lowest BCUT2D eigenvalue weighted by Gasteiger charge is -2.34. The predicted octanol–water partition coefficient (Wildman–Crippen LogP) is 4.65. The highest BCUT2D eigenvalue weighted by molar-refractivity contribution is 6.01. The van der Waals surface area contributed by atoms with Gasteiger partial charge in [-0.15, -0.1) is 0 Å². The second-order valence-corrected chi connectivity index (χ2v) is 7.46. The molecule has 0 amide bonds. The van der Waals surface area contributed by atoms with Crippen LogP contribution in [0.3, 0.4) is 0 Å². The zero-order valence-electron chi connectivity index (χ0n) is 15.5. The van der Waals surface area contributed by atoms with Gasteiger partial charge in [-0.05, 0) is 30.5 Å². The SMILES string of the molecule is Cc1noc2c1[C@H](c1ccccc1)C1=C(C[C@@H](c3ccccc3O)CC1=O)N2. The number of anilines is 1. The number of para-hydroxylation sites is 1. The number of carbonyl (C=O) groups is 1. The molecule has 0 spiro atoms. The average molecular weight is 372 g/mol. The van der Waals surface area contributed by atoms with E-state index < -0.39 is 0 Å². The summed E-state index contributed by atoms with van der Waals surface area (Å²) in [6.45, 7) is 1.91. The third kappa shape index (κ3) is 2.54. The van der Waals surface area contributed by atoms with E-state index in [1.807, 2.05) is 49.4 Å². The van der Waals surface area contributed by atoms with Crippen LogP contribution in [0.1, 0.15) is 47.1 Å². The minimum atomic E-state index is -0.184. The molecule has 1 aliphatic carbocycles. The minimum Gasteiger partial charge on any atom is -0.508 e.